The van der Waals surface area contributed by atoms with E-state index in [1.165, 1.54) is 7.11 Å². The van der Waals surface area contributed by atoms with Crippen molar-refractivity contribution in [3.8, 4) is 11.5 Å². The van der Waals surface area contributed by atoms with Crippen LogP contribution >= 0.6 is 11.6 Å². The Hall–Kier alpha value is -1.85. The number of aromatic nitrogens is 1. The standard InChI is InChI=1S/C13H12ClNO4/c1-7-8(4-3-5-9(7)14)12-15-10(6-18-2)11(19-12)13(16)17/h3-5H,6H2,1-2H3,(H,16,17). The number of methoxy groups -OCH3 is 1. The van der Waals surface area contributed by atoms with E-state index in [-0.39, 0.29) is 24.0 Å². The first-order valence-electron chi connectivity index (χ1n) is 5.52. The molecule has 0 radical (unpaired) electrons. The average Bonchev–Trinajstić information content (AvgIpc) is 2.77. The summed E-state index contributed by atoms with van der Waals surface area (Å²) in [6, 6.07) is 5.28. The molecular formula is C13H12ClNO4. The van der Waals surface area contributed by atoms with Gasteiger partial charge in [0.25, 0.3) is 0 Å². The van der Waals surface area contributed by atoms with Crippen LogP contribution in [0.3, 0.4) is 0 Å². The molecular weight excluding hydrogens is 270 g/mol. The first kappa shape index (κ1) is 13.6. The van der Waals surface area contributed by atoms with Crippen LogP contribution in [0.4, 0.5) is 0 Å². The maximum absolute atomic E-state index is 11.1. The van der Waals surface area contributed by atoms with E-state index in [1.807, 2.05) is 6.92 Å². The number of carboxylic acids is 1. The first-order valence-corrected chi connectivity index (χ1v) is 5.89. The van der Waals surface area contributed by atoms with Gasteiger partial charge in [-0.2, -0.15) is 0 Å². The van der Waals surface area contributed by atoms with Gasteiger partial charge in [0, 0.05) is 17.7 Å². The van der Waals surface area contributed by atoms with E-state index < -0.39 is 5.97 Å². The number of carbonyl (C=O) groups is 1. The van der Waals surface area contributed by atoms with E-state index in [1.54, 1.807) is 18.2 Å². The molecule has 0 aliphatic heterocycles. The van der Waals surface area contributed by atoms with Gasteiger partial charge in [-0.1, -0.05) is 17.7 Å². The van der Waals surface area contributed by atoms with Gasteiger partial charge in [-0.3, -0.25) is 0 Å². The third kappa shape index (κ3) is 2.62. The number of halogens is 1. The SMILES string of the molecule is COCc1nc(-c2cccc(Cl)c2C)oc1C(=O)O. The molecule has 100 valence electrons. The summed E-state index contributed by atoms with van der Waals surface area (Å²) >= 11 is 6.02. The predicted molar refractivity (Wildman–Crippen MR) is 69.4 cm³/mol. The van der Waals surface area contributed by atoms with Crippen LogP contribution in [0.15, 0.2) is 22.6 Å². The lowest BCUT2D eigenvalue weighted by molar-refractivity contribution is 0.0656. The molecule has 2 rings (SSSR count). The second kappa shape index (κ2) is 5.42. The van der Waals surface area contributed by atoms with Crippen molar-refractivity contribution in [1.29, 1.82) is 0 Å². The van der Waals surface area contributed by atoms with Crippen molar-refractivity contribution in [1.82, 2.24) is 4.98 Å². The van der Waals surface area contributed by atoms with E-state index in [0.29, 0.717) is 10.6 Å². The Morgan fingerprint density at radius 3 is 2.89 bits per heavy atom. The third-order valence-corrected chi connectivity index (χ3v) is 3.08. The van der Waals surface area contributed by atoms with Gasteiger partial charge in [0.15, 0.2) is 0 Å². The smallest absolute Gasteiger partial charge is 0.373 e. The molecule has 1 heterocycles. The molecule has 0 fully saturated rings. The van der Waals surface area contributed by atoms with E-state index in [4.69, 9.17) is 25.9 Å². The maximum Gasteiger partial charge on any atom is 0.373 e. The molecule has 1 aromatic carbocycles. The number of hydrogen-bond donors (Lipinski definition) is 1. The van der Waals surface area contributed by atoms with Gasteiger partial charge in [0.1, 0.15) is 5.69 Å². The Balaban J connectivity index is 2.54. The quantitative estimate of drug-likeness (QED) is 0.932. The van der Waals surface area contributed by atoms with Crippen molar-refractivity contribution in [2.45, 2.75) is 13.5 Å². The number of oxazole rings is 1. The lowest BCUT2D eigenvalue weighted by Crippen LogP contribution is -2.00. The highest BCUT2D eigenvalue weighted by Crippen LogP contribution is 2.29. The van der Waals surface area contributed by atoms with Gasteiger partial charge in [-0.25, -0.2) is 9.78 Å². The minimum absolute atomic E-state index is 0.0742. The monoisotopic (exact) mass is 281 g/mol. The van der Waals surface area contributed by atoms with Crippen LogP contribution in [0, 0.1) is 6.92 Å². The van der Waals surface area contributed by atoms with Crippen molar-refractivity contribution in [3.63, 3.8) is 0 Å². The van der Waals surface area contributed by atoms with Crippen LogP contribution < -0.4 is 0 Å². The van der Waals surface area contributed by atoms with Crippen LogP contribution in [0.1, 0.15) is 21.8 Å². The summed E-state index contributed by atoms with van der Waals surface area (Å²) in [6.45, 7) is 1.89. The molecule has 0 saturated carbocycles. The van der Waals surface area contributed by atoms with Gasteiger partial charge < -0.3 is 14.3 Å². The molecule has 0 bridgehead atoms. The fraction of sp³-hybridized carbons (Fsp3) is 0.231. The summed E-state index contributed by atoms with van der Waals surface area (Å²) in [5, 5.41) is 9.63. The first-order chi connectivity index (χ1) is 9.04. The normalized spacial score (nSPS) is 10.7. The number of rotatable bonds is 4. The lowest BCUT2D eigenvalue weighted by Gasteiger charge is -2.02. The third-order valence-electron chi connectivity index (χ3n) is 2.67. The molecule has 0 aliphatic carbocycles. The van der Waals surface area contributed by atoms with Crippen LogP contribution in [0.25, 0.3) is 11.5 Å². The van der Waals surface area contributed by atoms with Gasteiger partial charge in [0.2, 0.25) is 11.7 Å². The molecule has 19 heavy (non-hydrogen) atoms. The highest BCUT2D eigenvalue weighted by atomic mass is 35.5. The molecule has 2 aromatic rings. The largest absolute Gasteiger partial charge is 0.475 e. The Morgan fingerprint density at radius 2 is 2.26 bits per heavy atom. The van der Waals surface area contributed by atoms with Crippen LogP contribution in [0.2, 0.25) is 5.02 Å². The topological polar surface area (TPSA) is 72.6 Å². The second-order valence-electron chi connectivity index (χ2n) is 3.95. The molecule has 1 aromatic heterocycles. The number of hydrogen-bond acceptors (Lipinski definition) is 4. The van der Waals surface area contributed by atoms with Crippen molar-refractivity contribution in [2.75, 3.05) is 7.11 Å². The Morgan fingerprint density at radius 1 is 1.53 bits per heavy atom. The van der Waals surface area contributed by atoms with Crippen LogP contribution in [-0.4, -0.2) is 23.2 Å². The number of aromatic carboxylic acids is 1. The van der Waals surface area contributed by atoms with Crippen LogP contribution in [-0.2, 0) is 11.3 Å². The predicted octanol–water partition coefficient (Wildman–Crippen LogP) is 3.15. The van der Waals surface area contributed by atoms with E-state index in [0.717, 1.165) is 5.56 Å². The summed E-state index contributed by atoms with van der Waals surface area (Å²) in [5.41, 5.74) is 1.70. The summed E-state index contributed by atoms with van der Waals surface area (Å²) in [6.07, 6.45) is 0. The number of nitrogens with zero attached hydrogens (tertiary/aromatic N) is 1. The molecule has 0 spiro atoms. The molecule has 5 nitrogen and oxygen atoms in total. The Bertz CT molecular complexity index is 621. The van der Waals surface area contributed by atoms with Crippen molar-refractivity contribution in [2.24, 2.45) is 0 Å². The zero-order valence-corrected chi connectivity index (χ0v) is 11.2. The van der Waals surface area contributed by atoms with E-state index in [9.17, 15) is 4.79 Å². The number of carboxylic acid groups (broad SMARTS) is 1. The summed E-state index contributed by atoms with van der Waals surface area (Å²) in [4.78, 5) is 15.2. The van der Waals surface area contributed by atoms with Crippen molar-refractivity contribution < 1.29 is 19.1 Å². The van der Waals surface area contributed by atoms with Crippen molar-refractivity contribution >= 4 is 17.6 Å². The summed E-state index contributed by atoms with van der Waals surface area (Å²) in [5.74, 6) is -1.16. The molecule has 0 unspecified atom stereocenters. The van der Waals surface area contributed by atoms with Gasteiger partial charge >= 0.3 is 5.97 Å². The van der Waals surface area contributed by atoms with E-state index >= 15 is 0 Å². The Labute approximate surface area is 114 Å². The summed E-state index contributed by atoms with van der Waals surface area (Å²) in [7, 11) is 1.46. The summed E-state index contributed by atoms with van der Waals surface area (Å²) < 4.78 is 10.2. The minimum atomic E-state index is -1.18. The van der Waals surface area contributed by atoms with Gasteiger partial charge in [-0.05, 0) is 24.6 Å². The highest BCUT2D eigenvalue weighted by Gasteiger charge is 2.21. The molecule has 1 N–H and O–H groups in total. The zero-order valence-electron chi connectivity index (χ0n) is 10.4. The second-order valence-corrected chi connectivity index (χ2v) is 4.35. The van der Waals surface area contributed by atoms with Gasteiger partial charge in [0.05, 0.1) is 6.61 Å². The molecule has 6 heteroatoms. The minimum Gasteiger partial charge on any atom is -0.475 e. The molecule has 0 saturated heterocycles. The lowest BCUT2D eigenvalue weighted by atomic mass is 10.1. The molecule has 0 aliphatic rings. The average molecular weight is 282 g/mol. The maximum atomic E-state index is 11.1. The van der Waals surface area contributed by atoms with Gasteiger partial charge in [-0.15, -0.1) is 0 Å². The number of benzene rings is 1. The fourth-order valence-corrected chi connectivity index (χ4v) is 1.88. The highest BCUT2D eigenvalue weighted by molar-refractivity contribution is 6.31. The number of ether oxygens (including phenoxy) is 1. The fourth-order valence-electron chi connectivity index (χ4n) is 1.71. The van der Waals surface area contributed by atoms with Crippen molar-refractivity contribution in [3.05, 3.63) is 40.2 Å². The molecule has 0 amide bonds. The Kier molecular flexibility index (Phi) is 3.87. The van der Waals surface area contributed by atoms with Crippen LogP contribution in [0.5, 0.6) is 0 Å². The zero-order chi connectivity index (χ0) is 14.0. The van der Waals surface area contributed by atoms with E-state index in [2.05, 4.69) is 4.98 Å². The molecule has 0 atom stereocenters.